The second-order valence-electron chi connectivity index (χ2n) is 8.04. The first-order valence-electron chi connectivity index (χ1n) is 9.75. The van der Waals surface area contributed by atoms with Crippen LogP contribution in [0.4, 0.5) is 0 Å². The molecule has 1 amide bonds. The van der Waals surface area contributed by atoms with Crippen molar-refractivity contribution in [2.75, 3.05) is 19.6 Å². The zero-order valence-electron chi connectivity index (χ0n) is 15.2. The monoisotopic (exact) mass is 347 g/mol. The summed E-state index contributed by atoms with van der Waals surface area (Å²) < 4.78 is 0. The lowest BCUT2D eigenvalue weighted by molar-refractivity contribution is -0.00358. The van der Waals surface area contributed by atoms with Crippen molar-refractivity contribution in [2.24, 2.45) is 5.92 Å². The standard InChI is InChI=1S/C22H25N3O/c1-15-5-7-16(8-6-15)18-14-25(22(26)19-4-2-3-11-23-19)20-17-9-12-24(13-10-17)21(18)20/h2-8,11,17-18,20-21H,9-10,12-14H2,1H3/t18-,20+,21+/m0/s1. The number of hydrogen-bond donors (Lipinski definition) is 0. The number of amides is 1. The molecule has 0 spiro atoms. The molecule has 0 radical (unpaired) electrons. The van der Waals surface area contributed by atoms with Gasteiger partial charge in [0, 0.05) is 24.7 Å². The summed E-state index contributed by atoms with van der Waals surface area (Å²) in [5.41, 5.74) is 3.23. The molecule has 0 saturated carbocycles. The zero-order chi connectivity index (χ0) is 17.7. The van der Waals surface area contributed by atoms with E-state index in [1.54, 1.807) is 6.20 Å². The van der Waals surface area contributed by atoms with Gasteiger partial charge in [-0.05, 0) is 56.5 Å². The fraction of sp³-hybridized carbons (Fsp3) is 0.455. The second kappa shape index (κ2) is 6.20. The second-order valence-corrected chi connectivity index (χ2v) is 8.04. The molecule has 4 aliphatic rings. The molecule has 4 heteroatoms. The summed E-state index contributed by atoms with van der Waals surface area (Å²) in [6.07, 6.45) is 4.15. The molecule has 2 aromatic rings. The van der Waals surface area contributed by atoms with Gasteiger partial charge in [-0.25, -0.2) is 0 Å². The van der Waals surface area contributed by atoms with Gasteiger partial charge in [-0.3, -0.25) is 14.7 Å². The highest BCUT2D eigenvalue weighted by Crippen LogP contribution is 2.46. The molecule has 6 rings (SSSR count). The lowest BCUT2D eigenvalue weighted by Gasteiger charge is -2.51. The highest BCUT2D eigenvalue weighted by atomic mass is 16.2. The number of nitrogens with zero attached hydrogens (tertiary/aromatic N) is 3. The van der Waals surface area contributed by atoms with Crippen molar-refractivity contribution in [3.63, 3.8) is 0 Å². The number of piperidine rings is 3. The molecule has 0 unspecified atom stereocenters. The van der Waals surface area contributed by atoms with Crippen LogP contribution in [0.3, 0.4) is 0 Å². The molecular weight excluding hydrogens is 322 g/mol. The normalized spacial score (nSPS) is 32.5. The maximum absolute atomic E-state index is 13.3. The Balaban J connectivity index is 1.52. The number of aryl methyl sites for hydroxylation is 1. The summed E-state index contributed by atoms with van der Waals surface area (Å²) in [4.78, 5) is 22.4. The minimum atomic E-state index is 0.101. The van der Waals surface area contributed by atoms with Crippen LogP contribution in [0.1, 0.15) is 40.4 Å². The number of fused-ring (bicyclic) bond motifs is 2. The summed E-state index contributed by atoms with van der Waals surface area (Å²) in [5.74, 6) is 1.13. The van der Waals surface area contributed by atoms with Crippen LogP contribution in [0.25, 0.3) is 0 Å². The molecule has 134 valence electrons. The number of carbonyl (C=O) groups is 1. The first-order valence-corrected chi connectivity index (χ1v) is 9.75. The minimum absolute atomic E-state index is 0.101. The van der Waals surface area contributed by atoms with Gasteiger partial charge in [0.15, 0.2) is 0 Å². The van der Waals surface area contributed by atoms with Crippen LogP contribution in [-0.4, -0.2) is 52.4 Å². The molecular formula is C22H25N3O. The molecule has 4 aliphatic heterocycles. The molecule has 2 bridgehead atoms. The van der Waals surface area contributed by atoms with E-state index in [2.05, 4.69) is 46.0 Å². The lowest BCUT2D eigenvalue weighted by atomic mass is 9.75. The van der Waals surface area contributed by atoms with Gasteiger partial charge in [0.05, 0.1) is 6.04 Å². The first-order chi connectivity index (χ1) is 12.7. The van der Waals surface area contributed by atoms with Crippen molar-refractivity contribution in [1.82, 2.24) is 14.8 Å². The van der Waals surface area contributed by atoms with E-state index >= 15 is 0 Å². The first kappa shape index (κ1) is 16.0. The fourth-order valence-electron chi connectivity index (χ4n) is 5.40. The maximum atomic E-state index is 13.3. The topological polar surface area (TPSA) is 36.4 Å². The van der Waals surface area contributed by atoms with E-state index < -0.39 is 0 Å². The molecule has 0 aliphatic carbocycles. The Morgan fingerprint density at radius 1 is 1.04 bits per heavy atom. The third-order valence-electron chi connectivity index (χ3n) is 6.64. The minimum Gasteiger partial charge on any atom is -0.332 e. The van der Waals surface area contributed by atoms with E-state index in [0.29, 0.717) is 29.6 Å². The van der Waals surface area contributed by atoms with Crippen molar-refractivity contribution in [2.45, 2.75) is 37.8 Å². The van der Waals surface area contributed by atoms with Crippen molar-refractivity contribution in [3.05, 3.63) is 65.5 Å². The van der Waals surface area contributed by atoms with Crippen LogP contribution >= 0.6 is 0 Å². The SMILES string of the molecule is Cc1ccc([C@@H]2CN(C(=O)c3ccccn3)[C@@H]3C4CCN(CC4)[C@@H]32)cc1. The van der Waals surface area contributed by atoms with E-state index in [1.165, 1.54) is 37.1 Å². The molecule has 4 saturated heterocycles. The van der Waals surface area contributed by atoms with E-state index in [4.69, 9.17) is 0 Å². The van der Waals surface area contributed by atoms with Crippen LogP contribution in [0.2, 0.25) is 0 Å². The molecule has 1 aromatic carbocycles. The summed E-state index contributed by atoms with van der Waals surface area (Å²) >= 11 is 0. The Bertz CT molecular complexity index is 796. The van der Waals surface area contributed by atoms with Gasteiger partial charge in [0.25, 0.3) is 5.91 Å². The molecule has 3 atom stereocenters. The van der Waals surface area contributed by atoms with E-state index in [1.807, 2.05) is 18.2 Å². The van der Waals surface area contributed by atoms with Crippen LogP contribution < -0.4 is 0 Å². The summed E-state index contributed by atoms with van der Waals surface area (Å²) in [5, 5.41) is 0. The fourth-order valence-corrected chi connectivity index (χ4v) is 5.40. The Kier molecular flexibility index (Phi) is 3.82. The summed E-state index contributed by atoms with van der Waals surface area (Å²) in [6, 6.07) is 15.3. The number of rotatable bonds is 2. The predicted octanol–water partition coefficient (Wildman–Crippen LogP) is 3.09. The highest BCUT2D eigenvalue weighted by Gasteiger charge is 2.54. The molecule has 4 fully saturated rings. The van der Waals surface area contributed by atoms with E-state index in [-0.39, 0.29) is 5.91 Å². The molecule has 1 aromatic heterocycles. The van der Waals surface area contributed by atoms with Crippen LogP contribution in [0, 0.1) is 12.8 Å². The van der Waals surface area contributed by atoms with Gasteiger partial charge in [0.1, 0.15) is 5.69 Å². The Morgan fingerprint density at radius 3 is 2.50 bits per heavy atom. The average Bonchev–Trinajstić information content (AvgIpc) is 3.12. The zero-order valence-corrected chi connectivity index (χ0v) is 15.2. The Morgan fingerprint density at radius 2 is 1.81 bits per heavy atom. The summed E-state index contributed by atoms with van der Waals surface area (Å²) in [7, 11) is 0. The molecule has 0 N–H and O–H groups in total. The number of pyridine rings is 1. The number of hydrogen-bond acceptors (Lipinski definition) is 3. The van der Waals surface area contributed by atoms with Gasteiger partial charge < -0.3 is 4.90 Å². The number of carbonyl (C=O) groups excluding carboxylic acids is 1. The van der Waals surface area contributed by atoms with Crippen LogP contribution in [0.15, 0.2) is 48.7 Å². The van der Waals surface area contributed by atoms with E-state index in [9.17, 15) is 4.79 Å². The Hall–Kier alpha value is -2.20. The van der Waals surface area contributed by atoms with Crippen molar-refractivity contribution >= 4 is 5.91 Å². The third-order valence-corrected chi connectivity index (χ3v) is 6.64. The molecule has 4 nitrogen and oxygen atoms in total. The number of likely N-dealkylation sites (tertiary alicyclic amines) is 1. The largest absolute Gasteiger partial charge is 0.332 e. The van der Waals surface area contributed by atoms with Gasteiger partial charge in [-0.1, -0.05) is 35.9 Å². The van der Waals surface area contributed by atoms with Gasteiger partial charge in [0.2, 0.25) is 0 Å². The van der Waals surface area contributed by atoms with Crippen molar-refractivity contribution < 1.29 is 4.79 Å². The van der Waals surface area contributed by atoms with Gasteiger partial charge in [-0.15, -0.1) is 0 Å². The van der Waals surface area contributed by atoms with E-state index in [0.717, 1.165) is 6.54 Å². The smallest absolute Gasteiger partial charge is 0.272 e. The highest BCUT2D eigenvalue weighted by molar-refractivity contribution is 5.93. The lowest BCUT2D eigenvalue weighted by Crippen LogP contribution is -2.60. The maximum Gasteiger partial charge on any atom is 0.272 e. The quantitative estimate of drug-likeness (QED) is 0.838. The predicted molar refractivity (Wildman–Crippen MR) is 101 cm³/mol. The molecule has 5 heterocycles. The number of benzene rings is 1. The van der Waals surface area contributed by atoms with Crippen LogP contribution in [-0.2, 0) is 0 Å². The van der Waals surface area contributed by atoms with Gasteiger partial charge in [-0.2, -0.15) is 0 Å². The van der Waals surface area contributed by atoms with Crippen molar-refractivity contribution in [3.8, 4) is 0 Å². The summed E-state index contributed by atoms with van der Waals surface area (Å²) in [6.45, 7) is 5.30. The van der Waals surface area contributed by atoms with Crippen LogP contribution in [0.5, 0.6) is 0 Å². The van der Waals surface area contributed by atoms with Crippen molar-refractivity contribution in [1.29, 1.82) is 0 Å². The Labute approximate surface area is 154 Å². The van der Waals surface area contributed by atoms with Gasteiger partial charge >= 0.3 is 0 Å². The molecule has 26 heavy (non-hydrogen) atoms. The average molecular weight is 347 g/mol. The number of aromatic nitrogens is 1. The third kappa shape index (κ3) is 2.47.